The van der Waals surface area contributed by atoms with Crippen LogP contribution >= 0.6 is 0 Å². The largest absolute Gasteiger partial charge is 0.287 e. The molecule has 4 nitrogen and oxygen atoms in total. The molecule has 0 unspecified atom stereocenters. The van der Waals surface area contributed by atoms with Crippen molar-refractivity contribution in [3.8, 4) is 0 Å². The third-order valence-electron chi connectivity index (χ3n) is 2.55. The molecule has 0 radical (unpaired) electrons. The van der Waals surface area contributed by atoms with E-state index in [-0.39, 0.29) is 17.9 Å². The molecule has 0 saturated heterocycles. The summed E-state index contributed by atoms with van der Waals surface area (Å²) in [6.45, 7) is 3.90. The molecule has 0 saturated carbocycles. The molecule has 1 aliphatic rings. The van der Waals surface area contributed by atoms with Gasteiger partial charge in [-0.15, -0.1) is 0 Å². The average Bonchev–Trinajstić information content (AvgIpc) is 2.29. The normalized spacial score (nSPS) is 19.7. The predicted molar refractivity (Wildman–Crippen MR) is 61.5 cm³/mol. The van der Waals surface area contributed by atoms with Gasteiger partial charge >= 0.3 is 0 Å². The van der Waals surface area contributed by atoms with Gasteiger partial charge in [0.2, 0.25) is 0 Å². The molecule has 2 rings (SSSR count). The SMILES string of the molecule is CC(C)[C@@H]1N=NC(c2ccc(F)cc2)=CN1O. The average molecular weight is 235 g/mol. The van der Waals surface area contributed by atoms with Crippen molar-refractivity contribution in [1.82, 2.24) is 5.06 Å². The summed E-state index contributed by atoms with van der Waals surface area (Å²) in [7, 11) is 0. The Hall–Kier alpha value is -1.75. The van der Waals surface area contributed by atoms with E-state index < -0.39 is 0 Å². The van der Waals surface area contributed by atoms with Crippen LogP contribution in [0.15, 0.2) is 40.7 Å². The van der Waals surface area contributed by atoms with Crippen molar-refractivity contribution in [2.24, 2.45) is 16.1 Å². The van der Waals surface area contributed by atoms with E-state index in [1.54, 1.807) is 12.1 Å². The summed E-state index contributed by atoms with van der Waals surface area (Å²) in [6.07, 6.45) is 1.14. The van der Waals surface area contributed by atoms with E-state index in [0.717, 1.165) is 10.6 Å². The third kappa shape index (κ3) is 2.50. The maximum Gasteiger partial charge on any atom is 0.168 e. The van der Waals surface area contributed by atoms with Crippen molar-refractivity contribution in [3.05, 3.63) is 41.8 Å². The number of hydrogen-bond acceptors (Lipinski definition) is 4. The van der Waals surface area contributed by atoms with Crippen LogP contribution in [-0.4, -0.2) is 16.4 Å². The zero-order chi connectivity index (χ0) is 12.4. The monoisotopic (exact) mass is 235 g/mol. The zero-order valence-electron chi connectivity index (χ0n) is 9.71. The van der Waals surface area contributed by atoms with Gasteiger partial charge in [0.25, 0.3) is 0 Å². The van der Waals surface area contributed by atoms with Crippen LogP contribution in [0.4, 0.5) is 4.39 Å². The molecule has 0 aliphatic carbocycles. The Morgan fingerprint density at radius 3 is 2.47 bits per heavy atom. The number of rotatable bonds is 2. The molecule has 90 valence electrons. The highest BCUT2D eigenvalue weighted by atomic mass is 19.1. The molecule has 0 fully saturated rings. The highest BCUT2D eigenvalue weighted by Gasteiger charge is 2.22. The highest BCUT2D eigenvalue weighted by molar-refractivity contribution is 5.64. The molecule has 0 spiro atoms. The Balaban J connectivity index is 2.23. The van der Waals surface area contributed by atoms with Crippen LogP contribution in [-0.2, 0) is 0 Å². The van der Waals surface area contributed by atoms with Gasteiger partial charge < -0.3 is 0 Å². The Labute approximate surface area is 99.0 Å². The Morgan fingerprint density at radius 2 is 1.94 bits per heavy atom. The van der Waals surface area contributed by atoms with Gasteiger partial charge in [0, 0.05) is 5.56 Å². The summed E-state index contributed by atoms with van der Waals surface area (Å²) < 4.78 is 12.8. The van der Waals surface area contributed by atoms with Gasteiger partial charge in [0.05, 0.1) is 6.20 Å². The first kappa shape index (κ1) is 11.7. The second kappa shape index (κ2) is 4.63. The molecule has 1 atom stereocenters. The van der Waals surface area contributed by atoms with Gasteiger partial charge in [-0.1, -0.05) is 13.8 Å². The van der Waals surface area contributed by atoms with Crippen molar-refractivity contribution in [2.45, 2.75) is 20.0 Å². The van der Waals surface area contributed by atoms with Gasteiger partial charge in [-0.3, -0.25) is 5.21 Å². The number of benzene rings is 1. The van der Waals surface area contributed by atoms with Gasteiger partial charge in [0.15, 0.2) is 6.17 Å². The first-order chi connectivity index (χ1) is 8.08. The van der Waals surface area contributed by atoms with Gasteiger partial charge in [-0.2, -0.15) is 10.2 Å². The second-order valence-corrected chi connectivity index (χ2v) is 4.27. The van der Waals surface area contributed by atoms with Crippen LogP contribution < -0.4 is 0 Å². The molecule has 17 heavy (non-hydrogen) atoms. The Bertz CT molecular complexity index is 453. The minimum atomic E-state index is -0.362. The molecule has 0 bridgehead atoms. The fourth-order valence-electron chi connectivity index (χ4n) is 1.59. The molecule has 1 N–H and O–H groups in total. The van der Waals surface area contributed by atoms with E-state index in [2.05, 4.69) is 10.2 Å². The van der Waals surface area contributed by atoms with E-state index >= 15 is 0 Å². The topological polar surface area (TPSA) is 48.2 Å². The summed E-state index contributed by atoms with van der Waals surface area (Å²) >= 11 is 0. The lowest BCUT2D eigenvalue weighted by Gasteiger charge is -2.26. The smallest absolute Gasteiger partial charge is 0.168 e. The molecule has 1 aromatic carbocycles. The second-order valence-electron chi connectivity index (χ2n) is 4.27. The van der Waals surface area contributed by atoms with E-state index in [1.807, 2.05) is 13.8 Å². The third-order valence-corrected chi connectivity index (χ3v) is 2.55. The summed E-state index contributed by atoms with van der Waals surface area (Å²) in [5.41, 5.74) is 1.24. The van der Waals surface area contributed by atoms with Crippen molar-refractivity contribution in [3.63, 3.8) is 0 Å². The molecule has 5 heteroatoms. The molecule has 1 aromatic rings. The first-order valence-electron chi connectivity index (χ1n) is 5.44. The highest BCUT2D eigenvalue weighted by Crippen LogP contribution is 2.25. The minimum absolute atomic E-state index is 0.162. The molecule has 1 heterocycles. The van der Waals surface area contributed by atoms with Crippen LogP contribution in [0.5, 0.6) is 0 Å². The van der Waals surface area contributed by atoms with Crippen molar-refractivity contribution >= 4 is 5.70 Å². The molecule has 0 aromatic heterocycles. The molecule has 1 aliphatic heterocycles. The number of hydrogen-bond donors (Lipinski definition) is 1. The fourth-order valence-corrected chi connectivity index (χ4v) is 1.59. The summed E-state index contributed by atoms with van der Waals surface area (Å²) in [5, 5.41) is 18.9. The first-order valence-corrected chi connectivity index (χ1v) is 5.44. The number of nitrogens with zero attached hydrogens (tertiary/aromatic N) is 3. The van der Waals surface area contributed by atoms with Crippen LogP contribution in [0.3, 0.4) is 0 Å². The molecular weight excluding hydrogens is 221 g/mol. The van der Waals surface area contributed by atoms with Crippen LogP contribution in [0.25, 0.3) is 5.70 Å². The molecule has 0 amide bonds. The lowest BCUT2D eigenvalue weighted by Crippen LogP contribution is -2.32. The van der Waals surface area contributed by atoms with E-state index in [0.29, 0.717) is 5.70 Å². The number of halogens is 1. The lowest BCUT2D eigenvalue weighted by molar-refractivity contribution is -0.0936. The van der Waals surface area contributed by atoms with E-state index in [9.17, 15) is 9.60 Å². The summed E-state index contributed by atoms with van der Waals surface area (Å²) in [5.74, 6) is -0.141. The number of azo groups is 1. The van der Waals surface area contributed by atoms with Crippen molar-refractivity contribution < 1.29 is 9.60 Å². The minimum Gasteiger partial charge on any atom is -0.287 e. The number of hydroxylamine groups is 2. The van der Waals surface area contributed by atoms with Gasteiger partial charge in [0.1, 0.15) is 11.5 Å². The van der Waals surface area contributed by atoms with Gasteiger partial charge in [-0.25, -0.2) is 9.45 Å². The van der Waals surface area contributed by atoms with E-state index in [1.165, 1.54) is 18.3 Å². The maximum atomic E-state index is 12.8. The Kier molecular flexibility index (Phi) is 3.19. The maximum absolute atomic E-state index is 12.8. The standard InChI is InChI=1S/C12H14FN3O/c1-8(2)12-15-14-11(7-16(12)17)9-3-5-10(13)6-4-9/h3-8,12,17H,1-2H3/t12-/m1/s1. The summed E-state index contributed by atoms with van der Waals surface area (Å²) in [6, 6.07) is 5.90. The van der Waals surface area contributed by atoms with Crippen molar-refractivity contribution in [2.75, 3.05) is 0 Å². The quantitative estimate of drug-likeness (QED) is 0.855. The van der Waals surface area contributed by atoms with E-state index in [4.69, 9.17) is 0 Å². The van der Waals surface area contributed by atoms with Crippen molar-refractivity contribution in [1.29, 1.82) is 0 Å². The molecular formula is C12H14FN3O. The predicted octanol–water partition coefficient (Wildman–Crippen LogP) is 3.26. The summed E-state index contributed by atoms with van der Waals surface area (Å²) in [4.78, 5) is 0. The van der Waals surface area contributed by atoms with Crippen LogP contribution in [0.2, 0.25) is 0 Å². The Morgan fingerprint density at radius 1 is 1.29 bits per heavy atom. The fraction of sp³-hybridized carbons (Fsp3) is 0.333. The zero-order valence-corrected chi connectivity index (χ0v) is 9.71. The van der Waals surface area contributed by atoms with Crippen LogP contribution in [0.1, 0.15) is 19.4 Å². The lowest BCUT2D eigenvalue weighted by atomic mass is 10.1. The van der Waals surface area contributed by atoms with Gasteiger partial charge in [-0.05, 0) is 30.2 Å². The van der Waals surface area contributed by atoms with Crippen LogP contribution in [0, 0.1) is 11.7 Å².